The summed E-state index contributed by atoms with van der Waals surface area (Å²) in [7, 11) is 0. The zero-order chi connectivity index (χ0) is 18.5. The van der Waals surface area contributed by atoms with Gasteiger partial charge in [0, 0.05) is 11.3 Å². The Hall–Kier alpha value is -2.29. The van der Waals surface area contributed by atoms with Crippen LogP contribution in [0.15, 0.2) is 42.5 Å². The molecular weight excluding hydrogens is 298 g/mol. The van der Waals surface area contributed by atoms with Crippen molar-refractivity contribution in [2.45, 2.75) is 52.4 Å². The van der Waals surface area contributed by atoms with Gasteiger partial charge in [0.1, 0.15) is 5.75 Å². The van der Waals surface area contributed by atoms with Crippen molar-refractivity contribution in [3.63, 3.8) is 0 Å². The fraction of sp³-hybridized carbons (Fsp3) is 0.381. The molecule has 2 aromatic rings. The highest BCUT2D eigenvalue weighted by Crippen LogP contribution is 2.36. The minimum Gasteiger partial charge on any atom is -0.507 e. The maximum Gasteiger partial charge on any atom is 0.153 e. The third-order valence-corrected chi connectivity index (χ3v) is 3.74. The van der Waals surface area contributed by atoms with Gasteiger partial charge in [-0.15, -0.1) is 0 Å². The van der Waals surface area contributed by atoms with Crippen LogP contribution in [0, 0.1) is 0 Å². The Balaban J connectivity index is 0.000000341. The van der Waals surface area contributed by atoms with Crippen molar-refractivity contribution in [2.75, 3.05) is 5.73 Å². The van der Waals surface area contributed by atoms with Crippen molar-refractivity contribution >= 4 is 12.0 Å². The first-order valence-corrected chi connectivity index (χ1v) is 8.10. The second kappa shape index (κ2) is 7.52. The Morgan fingerprint density at radius 3 is 1.79 bits per heavy atom. The van der Waals surface area contributed by atoms with Crippen LogP contribution in [-0.2, 0) is 10.8 Å². The van der Waals surface area contributed by atoms with Crippen molar-refractivity contribution in [2.24, 2.45) is 0 Å². The van der Waals surface area contributed by atoms with Gasteiger partial charge >= 0.3 is 0 Å². The summed E-state index contributed by atoms with van der Waals surface area (Å²) in [4.78, 5) is 11.0. The van der Waals surface area contributed by atoms with E-state index in [0.717, 1.165) is 23.1 Å². The topological polar surface area (TPSA) is 63.3 Å². The number of rotatable bonds is 1. The van der Waals surface area contributed by atoms with Gasteiger partial charge in [0.25, 0.3) is 0 Å². The monoisotopic (exact) mass is 327 g/mol. The van der Waals surface area contributed by atoms with Gasteiger partial charge in [-0.05, 0) is 34.6 Å². The molecule has 0 saturated heterocycles. The minimum absolute atomic E-state index is 0.0362. The van der Waals surface area contributed by atoms with E-state index in [1.807, 2.05) is 57.2 Å². The van der Waals surface area contributed by atoms with Crippen LogP contribution >= 0.6 is 0 Å². The van der Waals surface area contributed by atoms with Gasteiger partial charge in [0.15, 0.2) is 6.29 Å². The summed E-state index contributed by atoms with van der Waals surface area (Å²) in [6, 6.07) is 13.3. The third-order valence-electron chi connectivity index (χ3n) is 3.74. The molecule has 2 aromatic carbocycles. The number of nitrogens with two attached hydrogens (primary N) is 1. The van der Waals surface area contributed by atoms with Crippen molar-refractivity contribution < 1.29 is 9.90 Å². The molecular formula is C21H29NO2. The Kier molecular flexibility index (Phi) is 6.19. The van der Waals surface area contributed by atoms with E-state index >= 15 is 0 Å². The highest BCUT2D eigenvalue weighted by molar-refractivity contribution is 5.81. The Labute approximate surface area is 145 Å². The maximum atomic E-state index is 11.0. The molecule has 3 nitrogen and oxygen atoms in total. The van der Waals surface area contributed by atoms with Crippen molar-refractivity contribution in [1.29, 1.82) is 0 Å². The van der Waals surface area contributed by atoms with E-state index in [1.165, 1.54) is 0 Å². The van der Waals surface area contributed by atoms with Gasteiger partial charge < -0.3 is 10.8 Å². The molecule has 0 atom stereocenters. The maximum absolute atomic E-state index is 11.0. The number of carbonyl (C=O) groups excluding carboxylic acids is 1. The van der Waals surface area contributed by atoms with Crippen LogP contribution in [0.25, 0.3) is 0 Å². The summed E-state index contributed by atoms with van der Waals surface area (Å²) in [6.07, 6.45) is 0.722. The zero-order valence-corrected chi connectivity index (χ0v) is 15.6. The first-order chi connectivity index (χ1) is 11.0. The average Bonchev–Trinajstić information content (AvgIpc) is 2.46. The van der Waals surface area contributed by atoms with Crippen molar-refractivity contribution in [3.8, 4) is 5.75 Å². The SMILES string of the molecule is CC(C)(C)c1cc(C=O)c(O)c(C(C)(C)C)c1.Nc1ccccc1. The number of para-hydroxylation sites is 1. The normalized spacial score (nSPS) is 11.4. The highest BCUT2D eigenvalue weighted by Gasteiger charge is 2.24. The van der Waals surface area contributed by atoms with Gasteiger partial charge in [-0.25, -0.2) is 0 Å². The van der Waals surface area contributed by atoms with Gasteiger partial charge in [-0.1, -0.05) is 65.8 Å². The molecule has 0 heterocycles. The molecule has 2 rings (SSSR count). The van der Waals surface area contributed by atoms with Crippen LogP contribution < -0.4 is 5.73 Å². The number of benzene rings is 2. The lowest BCUT2D eigenvalue weighted by atomic mass is 9.79. The van der Waals surface area contributed by atoms with Crippen molar-refractivity contribution in [1.82, 2.24) is 0 Å². The molecule has 0 aliphatic heterocycles. The summed E-state index contributed by atoms with van der Waals surface area (Å²) >= 11 is 0. The zero-order valence-electron chi connectivity index (χ0n) is 15.6. The molecule has 130 valence electrons. The molecule has 0 radical (unpaired) electrons. The number of phenolic OH excluding ortho intramolecular Hbond substituents is 1. The molecule has 0 amide bonds. The smallest absolute Gasteiger partial charge is 0.153 e. The Morgan fingerprint density at radius 2 is 1.46 bits per heavy atom. The van der Waals surface area contributed by atoms with E-state index in [9.17, 15) is 9.90 Å². The summed E-state index contributed by atoms with van der Waals surface area (Å²) < 4.78 is 0. The summed E-state index contributed by atoms with van der Waals surface area (Å²) in [5, 5.41) is 10.1. The van der Waals surface area contributed by atoms with Crippen LogP contribution in [0.4, 0.5) is 5.69 Å². The van der Waals surface area contributed by atoms with Crippen LogP contribution in [0.1, 0.15) is 63.0 Å². The van der Waals surface area contributed by atoms with Gasteiger partial charge in [-0.2, -0.15) is 0 Å². The number of carbonyl (C=O) groups is 1. The first kappa shape index (κ1) is 19.8. The number of phenols is 1. The lowest BCUT2D eigenvalue weighted by Crippen LogP contribution is -2.17. The summed E-state index contributed by atoms with van der Waals surface area (Å²) in [5.41, 5.74) is 8.24. The molecule has 0 aromatic heterocycles. The number of hydrogen-bond donors (Lipinski definition) is 2. The van der Waals surface area contributed by atoms with E-state index in [1.54, 1.807) is 6.07 Å². The fourth-order valence-corrected chi connectivity index (χ4v) is 2.20. The third kappa shape index (κ3) is 5.41. The quantitative estimate of drug-likeness (QED) is 0.568. The minimum atomic E-state index is -0.177. The molecule has 0 bridgehead atoms. The number of anilines is 1. The molecule has 0 aliphatic carbocycles. The first-order valence-electron chi connectivity index (χ1n) is 8.10. The highest BCUT2D eigenvalue weighted by atomic mass is 16.3. The Morgan fingerprint density at radius 1 is 0.917 bits per heavy atom. The predicted octanol–water partition coefficient (Wildman–Crippen LogP) is 5.07. The predicted molar refractivity (Wildman–Crippen MR) is 102 cm³/mol. The van der Waals surface area contributed by atoms with E-state index < -0.39 is 0 Å². The van der Waals surface area contributed by atoms with Gasteiger partial charge in [-0.3, -0.25) is 4.79 Å². The largest absolute Gasteiger partial charge is 0.507 e. The van der Waals surface area contributed by atoms with Crippen LogP contribution in [0.2, 0.25) is 0 Å². The molecule has 3 heteroatoms. The lowest BCUT2D eigenvalue weighted by Gasteiger charge is -2.26. The molecule has 24 heavy (non-hydrogen) atoms. The summed E-state index contributed by atoms with van der Waals surface area (Å²) in [5.74, 6) is 0.112. The van der Waals surface area contributed by atoms with E-state index in [0.29, 0.717) is 5.56 Å². The van der Waals surface area contributed by atoms with Crippen molar-refractivity contribution in [3.05, 3.63) is 59.2 Å². The molecule has 0 aliphatic rings. The summed E-state index contributed by atoms with van der Waals surface area (Å²) in [6.45, 7) is 12.4. The Bertz CT molecular complexity index is 677. The van der Waals surface area contributed by atoms with Crippen LogP contribution in [0.3, 0.4) is 0 Å². The lowest BCUT2D eigenvalue weighted by molar-refractivity contribution is 0.112. The molecule has 0 spiro atoms. The average molecular weight is 327 g/mol. The fourth-order valence-electron chi connectivity index (χ4n) is 2.20. The molecule has 0 fully saturated rings. The number of aldehydes is 1. The van der Waals surface area contributed by atoms with E-state index in [-0.39, 0.29) is 16.6 Å². The molecule has 0 unspecified atom stereocenters. The van der Waals surface area contributed by atoms with E-state index in [4.69, 9.17) is 5.73 Å². The molecule has 0 saturated carbocycles. The number of aromatic hydroxyl groups is 1. The second-order valence-corrected chi connectivity index (χ2v) is 7.99. The number of nitrogen functional groups attached to an aromatic ring is 1. The standard InChI is InChI=1S/C15H22O2.C6H7N/c1-14(2,3)11-7-10(9-16)13(17)12(8-11)15(4,5)6;7-6-4-2-1-3-5-6/h7-9,17H,1-6H3;1-5H,7H2. The molecule has 3 N–H and O–H groups in total. The van der Waals surface area contributed by atoms with Crippen LogP contribution in [-0.4, -0.2) is 11.4 Å². The second-order valence-electron chi connectivity index (χ2n) is 7.99. The number of hydrogen-bond acceptors (Lipinski definition) is 3. The van der Waals surface area contributed by atoms with Gasteiger partial charge in [0.05, 0.1) is 5.56 Å². The van der Waals surface area contributed by atoms with Gasteiger partial charge in [0.2, 0.25) is 0 Å². The van der Waals surface area contributed by atoms with E-state index in [2.05, 4.69) is 20.8 Å². The van der Waals surface area contributed by atoms with Crippen LogP contribution in [0.5, 0.6) is 5.75 Å².